The molecule has 0 saturated carbocycles. The third-order valence-electron chi connectivity index (χ3n) is 6.00. The summed E-state index contributed by atoms with van der Waals surface area (Å²) in [7, 11) is 0. The largest absolute Gasteiger partial charge is 0.353 e. The van der Waals surface area contributed by atoms with Crippen LogP contribution in [-0.2, 0) is 0 Å². The van der Waals surface area contributed by atoms with Gasteiger partial charge in [-0.2, -0.15) is 0 Å². The predicted molar refractivity (Wildman–Crippen MR) is 118 cm³/mol. The second kappa shape index (κ2) is 7.65. The van der Waals surface area contributed by atoms with Gasteiger partial charge in [0.25, 0.3) is 5.91 Å². The van der Waals surface area contributed by atoms with E-state index >= 15 is 0 Å². The minimum atomic E-state index is -0.147. The predicted octanol–water partition coefficient (Wildman–Crippen LogP) is 4.42. The molecule has 6 heteroatoms. The van der Waals surface area contributed by atoms with Crippen molar-refractivity contribution in [2.75, 3.05) is 36.4 Å². The lowest BCUT2D eigenvalue weighted by Crippen LogP contribution is -2.50. The maximum atomic E-state index is 12.6. The number of hydrogen-bond donors (Lipinski definition) is 1. The molecular formula is C23H23ClN4O. The Balaban J connectivity index is 1.42. The van der Waals surface area contributed by atoms with Gasteiger partial charge in [-0.15, -0.1) is 0 Å². The van der Waals surface area contributed by atoms with Gasteiger partial charge >= 0.3 is 0 Å². The van der Waals surface area contributed by atoms with Crippen molar-refractivity contribution in [3.05, 3.63) is 65.3 Å². The van der Waals surface area contributed by atoms with E-state index in [1.54, 1.807) is 24.3 Å². The van der Waals surface area contributed by atoms with Gasteiger partial charge in [0.2, 0.25) is 0 Å². The van der Waals surface area contributed by atoms with E-state index in [4.69, 9.17) is 16.6 Å². The average Bonchev–Trinajstić information content (AvgIpc) is 3.21. The smallest absolute Gasteiger partial charge is 0.255 e. The molecule has 3 aromatic rings. The van der Waals surface area contributed by atoms with Crippen molar-refractivity contribution >= 4 is 39.8 Å². The van der Waals surface area contributed by atoms with Crippen LogP contribution in [0.5, 0.6) is 0 Å². The van der Waals surface area contributed by atoms with Crippen LogP contribution >= 0.6 is 11.6 Å². The first-order valence-corrected chi connectivity index (χ1v) is 10.5. The first-order valence-electron chi connectivity index (χ1n) is 10.1. The zero-order valence-electron chi connectivity index (χ0n) is 16.1. The summed E-state index contributed by atoms with van der Waals surface area (Å²) in [6.07, 6.45) is 4.44. The fraction of sp³-hybridized carbons (Fsp3) is 0.304. The summed E-state index contributed by atoms with van der Waals surface area (Å²) in [6, 6.07) is 15.6. The Morgan fingerprint density at radius 1 is 1.07 bits per heavy atom. The normalized spacial score (nSPS) is 19.3. The molecule has 1 atom stereocenters. The van der Waals surface area contributed by atoms with Crippen LogP contribution in [0.2, 0.25) is 5.02 Å². The number of aromatic nitrogens is 1. The van der Waals surface area contributed by atoms with E-state index in [0.29, 0.717) is 16.6 Å². The van der Waals surface area contributed by atoms with Crippen LogP contribution < -0.4 is 10.2 Å². The first-order chi connectivity index (χ1) is 14.2. The maximum Gasteiger partial charge on any atom is 0.255 e. The highest BCUT2D eigenvalue weighted by molar-refractivity contribution is 6.30. The number of amides is 1. The van der Waals surface area contributed by atoms with Crippen LogP contribution in [0.25, 0.3) is 10.8 Å². The molecule has 2 aliphatic rings. The van der Waals surface area contributed by atoms with Gasteiger partial charge in [-0.3, -0.25) is 9.69 Å². The summed E-state index contributed by atoms with van der Waals surface area (Å²) in [5.74, 6) is 0.864. The number of nitrogens with one attached hydrogen (secondary N) is 1. The maximum absolute atomic E-state index is 12.6. The number of benzene rings is 2. The lowest BCUT2D eigenvalue weighted by molar-refractivity contribution is 0.102. The zero-order chi connectivity index (χ0) is 19.8. The molecule has 2 aromatic carbocycles. The van der Waals surface area contributed by atoms with Gasteiger partial charge in [-0.05, 0) is 67.2 Å². The number of fused-ring (bicyclic) bond motifs is 2. The summed E-state index contributed by atoms with van der Waals surface area (Å²) < 4.78 is 0. The van der Waals surface area contributed by atoms with E-state index in [2.05, 4.69) is 15.1 Å². The van der Waals surface area contributed by atoms with Gasteiger partial charge in [0.1, 0.15) is 5.82 Å². The topological polar surface area (TPSA) is 48.5 Å². The second-order valence-corrected chi connectivity index (χ2v) is 8.25. The molecule has 1 amide bonds. The summed E-state index contributed by atoms with van der Waals surface area (Å²) in [5.41, 5.74) is 1.35. The lowest BCUT2D eigenvalue weighted by Gasteiger charge is -2.38. The van der Waals surface area contributed by atoms with E-state index in [9.17, 15) is 4.79 Å². The molecule has 3 heterocycles. The Morgan fingerprint density at radius 2 is 1.93 bits per heavy atom. The number of anilines is 2. The number of carbonyl (C=O) groups is 1. The molecule has 1 aromatic heterocycles. The van der Waals surface area contributed by atoms with Gasteiger partial charge in [-0.1, -0.05) is 17.7 Å². The van der Waals surface area contributed by atoms with Gasteiger partial charge in [-0.25, -0.2) is 4.98 Å². The van der Waals surface area contributed by atoms with Crippen molar-refractivity contribution in [2.45, 2.75) is 18.9 Å². The van der Waals surface area contributed by atoms with Crippen molar-refractivity contribution < 1.29 is 4.79 Å². The molecule has 0 radical (unpaired) electrons. The highest BCUT2D eigenvalue weighted by atomic mass is 35.5. The Kier molecular flexibility index (Phi) is 4.86. The third-order valence-corrected chi connectivity index (χ3v) is 6.25. The SMILES string of the molecule is O=C(Nc1ccc2ccnc(N3CCN4CCCC4C3)c2c1)c1ccc(Cl)cc1. The Morgan fingerprint density at radius 3 is 2.79 bits per heavy atom. The second-order valence-electron chi connectivity index (χ2n) is 7.81. The standard InChI is InChI=1S/C23H23ClN4O/c24-18-6-3-17(4-7-18)23(29)26-19-8-5-16-9-10-25-22(21(16)14-19)28-13-12-27-11-1-2-20(27)15-28/h3-10,14,20H,1-2,11-13,15H2,(H,26,29). The molecule has 0 spiro atoms. The molecular weight excluding hydrogens is 384 g/mol. The highest BCUT2D eigenvalue weighted by Crippen LogP contribution is 2.31. The van der Waals surface area contributed by atoms with Crippen LogP contribution in [0.1, 0.15) is 23.2 Å². The number of nitrogens with zero attached hydrogens (tertiary/aromatic N) is 3. The number of rotatable bonds is 3. The Bertz CT molecular complexity index is 1050. The van der Waals surface area contributed by atoms with Gasteiger partial charge < -0.3 is 10.2 Å². The van der Waals surface area contributed by atoms with Gasteiger partial charge in [0.15, 0.2) is 0 Å². The molecule has 0 aliphatic carbocycles. The highest BCUT2D eigenvalue weighted by Gasteiger charge is 2.31. The fourth-order valence-corrected chi connectivity index (χ4v) is 4.60. The van der Waals surface area contributed by atoms with E-state index in [1.165, 1.54) is 19.4 Å². The van der Waals surface area contributed by atoms with Crippen LogP contribution in [-0.4, -0.2) is 48.0 Å². The molecule has 148 valence electrons. The Labute approximate surface area is 175 Å². The van der Waals surface area contributed by atoms with E-state index in [0.717, 1.165) is 41.9 Å². The lowest BCUT2D eigenvalue weighted by atomic mass is 10.1. The summed E-state index contributed by atoms with van der Waals surface area (Å²) in [5, 5.41) is 5.83. The van der Waals surface area contributed by atoms with Crippen molar-refractivity contribution in [1.82, 2.24) is 9.88 Å². The van der Waals surface area contributed by atoms with Crippen molar-refractivity contribution in [3.8, 4) is 0 Å². The van der Waals surface area contributed by atoms with Crippen LogP contribution in [0, 0.1) is 0 Å². The summed E-state index contributed by atoms with van der Waals surface area (Å²) in [6.45, 7) is 4.33. The number of halogens is 1. The zero-order valence-corrected chi connectivity index (χ0v) is 16.9. The van der Waals surface area contributed by atoms with Crippen LogP contribution in [0.4, 0.5) is 11.5 Å². The molecule has 2 fully saturated rings. The van der Waals surface area contributed by atoms with E-state index in [1.807, 2.05) is 30.5 Å². The van der Waals surface area contributed by atoms with E-state index < -0.39 is 0 Å². The summed E-state index contributed by atoms with van der Waals surface area (Å²) >= 11 is 5.92. The van der Waals surface area contributed by atoms with Gasteiger partial charge in [0.05, 0.1) is 0 Å². The molecule has 0 bridgehead atoms. The average molecular weight is 407 g/mol. The molecule has 1 unspecified atom stereocenters. The molecule has 2 aliphatic heterocycles. The van der Waals surface area contributed by atoms with Crippen LogP contribution in [0.3, 0.4) is 0 Å². The minimum Gasteiger partial charge on any atom is -0.353 e. The molecule has 2 saturated heterocycles. The Hall–Kier alpha value is -2.63. The number of hydrogen-bond acceptors (Lipinski definition) is 4. The van der Waals surface area contributed by atoms with E-state index in [-0.39, 0.29) is 5.91 Å². The molecule has 5 nitrogen and oxygen atoms in total. The molecule has 5 rings (SSSR count). The van der Waals surface area contributed by atoms with Crippen molar-refractivity contribution in [3.63, 3.8) is 0 Å². The quantitative estimate of drug-likeness (QED) is 0.699. The van der Waals surface area contributed by atoms with Crippen molar-refractivity contribution in [2.24, 2.45) is 0 Å². The number of piperazine rings is 1. The number of pyridine rings is 1. The van der Waals surface area contributed by atoms with Crippen LogP contribution in [0.15, 0.2) is 54.7 Å². The van der Waals surface area contributed by atoms with Gasteiger partial charge in [0, 0.05) is 53.5 Å². The summed E-state index contributed by atoms with van der Waals surface area (Å²) in [4.78, 5) is 22.3. The third kappa shape index (κ3) is 3.68. The monoisotopic (exact) mass is 406 g/mol. The first kappa shape index (κ1) is 18.4. The molecule has 1 N–H and O–H groups in total. The van der Waals surface area contributed by atoms with Crippen molar-refractivity contribution in [1.29, 1.82) is 0 Å². The fourth-order valence-electron chi connectivity index (χ4n) is 4.47. The molecule has 29 heavy (non-hydrogen) atoms. The number of carbonyl (C=O) groups excluding carboxylic acids is 1. The minimum absolute atomic E-state index is 0.147.